The van der Waals surface area contributed by atoms with Gasteiger partial charge in [0.2, 0.25) is 17.7 Å². The number of methoxy groups -OCH3 is 1. The molecule has 1 unspecified atom stereocenters. The third-order valence-electron chi connectivity index (χ3n) is 7.50. The van der Waals surface area contributed by atoms with Gasteiger partial charge >= 0.3 is 0 Å². The number of nitrogens with zero attached hydrogens (tertiary/aromatic N) is 1. The highest BCUT2D eigenvalue weighted by Gasteiger charge is 2.49. The lowest BCUT2D eigenvalue weighted by atomic mass is 9.63. The molecule has 10 heteroatoms. The molecule has 10 nitrogen and oxygen atoms in total. The van der Waals surface area contributed by atoms with Gasteiger partial charge in [-0.25, -0.2) is 0 Å². The van der Waals surface area contributed by atoms with Gasteiger partial charge in [0, 0.05) is 43.2 Å². The minimum atomic E-state index is -1.57. The second kappa shape index (κ2) is 14.7. The van der Waals surface area contributed by atoms with Crippen LogP contribution in [0.4, 0.5) is 0 Å². The zero-order valence-corrected chi connectivity index (χ0v) is 24.1. The summed E-state index contributed by atoms with van der Waals surface area (Å²) in [5.41, 5.74) is 12.2. The number of carbonyl (C=O) groups excluding carboxylic acids is 3. The Kier molecular flexibility index (Phi) is 11.3. The molecule has 0 radical (unpaired) electrons. The van der Waals surface area contributed by atoms with Crippen LogP contribution in [-0.2, 0) is 27.3 Å². The van der Waals surface area contributed by atoms with Crippen molar-refractivity contribution in [3.63, 3.8) is 0 Å². The molecular weight excluding hydrogens is 524 g/mol. The van der Waals surface area contributed by atoms with E-state index < -0.39 is 29.3 Å². The molecule has 1 aliphatic carbocycles. The Hall–Kier alpha value is -3.89. The number of hydrogen-bond acceptors (Lipinski definition) is 7. The van der Waals surface area contributed by atoms with E-state index in [9.17, 15) is 19.5 Å². The number of nitrogens with one attached hydrogen (secondary N) is 1. The number of primary amides is 2. The lowest BCUT2D eigenvalue weighted by Crippen LogP contribution is -2.52. The van der Waals surface area contributed by atoms with Crippen molar-refractivity contribution in [3.8, 4) is 5.75 Å². The third-order valence-corrected chi connectivity index (χ3v) is 7.50. The van der Waals surface area contributed by atoms with Crippen molar-refractivity contribution in [1.29, 1.82) is 0 Å². The molecule has 3 rings (SSSR count). The summed E-state index contributed by atoms with van der Waals surface area (Å²) in [5, 5.41) is 14.8. The van der Waals surface area contributed by atoms with Crippen LogP contribution in [0.3, 0.4) is 0 Å². The van der Waals surface area contributed by atoms with Crippen LogP contribution < -0.4 is 21.5 Å². The average molecular weight is 567 g/mol. The molecule has 0 fully saturated rings. The van der Waals surface area contributed by atoms with Crippen molar-refractivity contribution in [2.24, 2.45) is 22.8 Å². The molecule has 0 aliphatic heterocycles. The average Bonchev–Trinajstić information content (AvgIpc) is 3.48. The lowest BCUT2D eigenvalue weighted by Gasteiger charge is -2.41. The summed E-state index contributed by atoms with van der Waals surface area (Å²) in [4.78, 5) is 41.2. The van der Waals surface area contributed by atoms with Gasteiger partial charge in [0.1, 0.15) is 5.75 Å². The Morgan fingerprint density at radius 2 is 1.88 bits per heavy atom. The molecule has 1 aliphatic rings. The van der Waals surface area contributed by atoms with Crippen molar-refractivity contribution in [1.82, 2.24) is 10.2 Å². The van der Waals surface area contributed by atoms with Crippen LogP contribution in [0.5, 0.6) is 5.75 Å². The van der Waals surface area contributed by atoms with Crippen LogP contribution in [0.25, 0.3) is 0 Å². The molecule has 6 N–H and O–H groups in total. The minimum absolute atomic E-state index is 0.0140. The van der Waals surface area contributed by atoms with Gasteiger partial charge in [-0.15, -0.1) is 0 Å². The maximum absolute atomic E-state index is 13.7. The van der Waals surface area contributed by atoms with Gasteiger partial charge in [0.25, 0.3) is 0 Å². The van der Waals surface area contributed by atoms with Crippen molar-refractivity contribution in [2.45, 2.75) is 52.2 Å². The standard InChI is InChI=1S/C31H42N4O6/c1-4-10-35(11-5-2)29(38)24-15-23(28(32)37)16-31(17-24,30(33)39)26(14-22-9-12-41-20-22)27(36)19-34-18-21-7-6-8-25(13-21)40-3/h6-9,12-13,15-16,20,26-27,34,36H,4-5,10-11,14,17-19H2,1-3H3,(H2,32,37)(H2,33,39)/t26-,27+,31?/m1/s1. The fourth-order valence-corrected chi connectivity index (χ4v) is 5.45. The summed E-state index contributed by atoms with van der Waals surface area (Å²) < 4.78 is 10.5. The van der Waals surface area contributed by atoms with Crippen LogP contribution in [0.15, 0.2) is 70.6 Å². The number of hydrogen-bond donors (Lipinski definition) is 4. The first kappa shape index (κ1) is 31.6. The van der Waals surface area contributed by atoms with E-state index in [1.165, 1.54) is 24.7 Å². The van der Waals surface area contributed by atoms with E-state index in [1.54, 1.807) is 18.1 Å². The smallest absolute Gasteiger partial charge is 0.249 e. The van der Waals surface area contributed by atoms with Crippen molar-refractivity contribution in [3.05, 3.63) is 77.3 Å². The molecule has 1 aromatic heterocycles. The maximum Gasteiger partial charge on any atom is 0.249 e. The Morgan fingerprint density at radius 3 is 2.46 bits per heavy atom. The Labute approximate surface area is 241 Å². The molecule has 3 amide bonds. The molecule has 0 saturated carbocycles. The Morgan fingerprint density at radius 1 is 1.15 bits per heavy atom. The highest BCUT2D eigenvalue weighted by Crippen LogP contribution is 2.44. The van der Waals surface area contributed by atoms with Crippen molar-refractivity contribution in [2.75, 3.05) is 26.7 Å². The second-order valence-electron chi connectivity index (χ2n) is 10.5. The van der Waals surface area contributed by atoms with E-state index in [2.05, 4.69) is 5.32 Å². The third kappa shape index (κ3) is 7.86. The van der Waals surface area contributed by atoms with Gasteiger partial charge in [-0.3, -0.25) is 14.4 Å². The van der Waals surface area contributed by atoms with Gasteiger partial charge in [-0.2, -0.15) is 0 Å². The SMILES string of the molecule is CCCN(CCC)C(=O)C1=CC(C(N)=O)=CC(C(N)=O)([C@H](Cc2ccoc2)[C@@H](O)CNCc2cccc(OC)c2)C1. The number of aliphatic hydroxyl groups excluding tert-OH is 1. The van der Waals surface area contributed by atoms with Gasteiger partial charge in [0.05, 0.1) is 31.2 Å². The highest BCUT2D eigenvalue weighted by molar-refractivity contribution is 6.03. The number of furan rings is 1. The van der Waals surface area contributed by atoms with Crippen LogP contribution in [0.2, 0.25) is 0 Å². The number of amides is 3. The summed E-state index contributed by atoms with van der Waals surface area (Å²) in [6.45, 7) is 5.55. The second-order valence-corrected chi connectivity index (χ2v) is 10.5. The van der Waals surface area contributed by atoms with Gasteiger partial charge in [-0.1, -0.05) is 32.1 Å². The van der Waals surface area contributed by atoms with Gasteiger partial charge < -0.3 is 35.9 Å². The van der Waals surface area contributed by atoms with Crippen LogP contribution in [-0.4, -0.2) is 60.6 Å². The fraction of sp³-hybridized carbons (Fsp3) is 0.452. The summed E-state index contributed by atoms with van der Waals surface area (Å²) >= 11 is 0. The molecule has 41 heavy (non-hydrogen) atoms. The minimum Gasteiger partial charge on any atom is -0.497 e. The number of rotatable bonds is 16. The first-order valence-corrected chi connectivity index (χ1v) is 14.0. The van der Waals surface area contributed by atoms with Crippen LogP contribution in [0.1, 0.15) is 44.2 Å². The number of aliphatic hydroxyl groups is 1. The van der Waals surface area contributed by atoms with E-state index in [0.717, 1.165) is 24.0 Å². The number of benzene rings is 1. The normalized spacial score (nSPS) is 18.1. The number of ether oxygens (including phenoxy) is 1. The summed E-state index contributed by atoms with van der Waals surface area (Å²) in [6, 6.07) is 9.28. The first-order valence-electron chi connectivity index (χ1n) is 14.0. The molecule has 2 aromatic rings. The molecule has 222 valence electrons. The largest absolute Gasteiger partial charge is 0.497 e. The van der Waals surface area contributed by atoms with E-state index in [4.69, 9.17) is 20.6 Å². The highest BCUT2D eigenvalue weighted by atomic mass is 16.5. The summed E-state index contributed by atoms with van der Waals surface area (Å²) in [5.74, 6) is -1.92. The van der Waals surface area contributed by atoms with E-state index in [1.807, 2.05) is 38.1 Å². The first-order chi connectivity index (χ1) is 19.6. The summed E-state index contributed by atoms with van der Waals surface area (Å²) in [6.07, 6.45) is 6.47. The number of nitrogens with two attached hydrogens (primary N) is 2. The monoisotopic (exact) mass is 566 g/mol. The van der Waals surface area contributed by atoms with Crippen molar-refractivity contribution < 1.29 is 28.6 Å². The topological polar surface area (TPSA) is 161 Å². The van der Waals surface area contributed by atoms with E-state index >= 15 is 0 Å². The van der Waals surface area contributed by atoms with Gasteiger partial charge in [-0.05, 0) is 61.1 Å². The predicted octanol–water partition coefficient (Wildman–Crippen LogP) is 2.46. The zero-order chi connectivity index (χ0) is 30.0. The van der Waals surface area contributed by atoms with Crippen LogP contribution >= 0.6 is 0 Å². The van der Waals surface area contributed by atoms with Gasteiger partial charge in [0.15, 0.2) is 0 Å². The molecule has 0 spiro atoms. The molecule has 0 saturated heterocycles. The number of carbonyl (C=O) groups is 3. The molecule has 3 atom stereocenters. The Bertz CT molecular complexity index is 1250. The molecule has 1 aromatic carbocycles. The maximum atomic E-state index is 13.7. The van der Waals surface area contributed by atoms with Crippen LogP contribution in [0, 0.1) is 11.3 Å². The van der Waals surface area contributed by atoms with E-state index in [-0.39, 0.29) is 36.4 Å². The quantitative estimate of drug-likeness (QED) is 0.243. The van der Waals surface area contributed by atoms with Crippen molar-refractivity contribution >= 4 is 17.7 Å². The Balaban J connectivity index is 1.98. The predicted molar refractivity (Wildman–Crippen MR) is 155 cm³/mol. The van der Waals surface area contributed by atoms with E-state index in [0.29, 0.717) is 25.4 Å². The molecule has 0 bridgehead atoms. The summed E-state index contributed by atoms with van der Waals surface area (Å²) in [7, 11) is 1.59. The molecular formula is C31H42N4O6. The zero-order valence-electron chi connectivity index (χ0n) is 24.1. The lowest BCUT2D eigenvalue weighted by molar-refractivity contribution is -0.132. The fourth-order valence-electron chi connectivity index (χ4n) is 5.45. The molecule has 1 heterocycles.